The van der Waals surface area contributed by atoms with Crippen LogP contribution in [0.25, 0.3) is 0 Å². The Kier molecular flexibility index (Phi) is 4.64. The number of carbonyl (C=O) groups excluding carboxylic acids is 2. The lowest BCUT2D eigenvalue weighted by atomic mass is 9.85. The molecular formula is C19H24N2O5. The molecule has 1 aromatic carbocycles. The molecule has 0 heterocycles. The zero-order chi connectivity index (χ0) is 19.1. The van der Waals surface area contributed by atoms with Crippen LogP contribution in [0.2, 0.25) is 0 Å². The number of nitrogens with one attached hydrogen (secondary N) is 2. The highest BCUT2D eigenvalue weighted by Gasteiger charge is 2.65. The lowest BCUT2D eigenvalue weighted by Crippen LogP contribution is -2.28. The molecule has 2 fully saturated rings. The quantitative estimate of drug-likeness (QED) is 0.723. The summed E-state index contributed by atoms with van der Waals surface area (Å²) in [5.74, 6) is -2.06. The van der Waals surface area contributed by atoms with Gasteiger partial charge in [0.2, 0.25) is 11.8 Å². The van der Waals surface area contributed by atoms with Crippen molar-refractivity contribution in [1.29, 1.82) is 0 Å². The van der Waals surface area contributed by atoms with E-state index in [0.717, 1.165) is 19.3 Å². The molecule has 2 aliphatic rings. The van der Waals surface area contributed by atoms with Crippen LogP contribution in [0.4, 0.5) is 11.4 Å². The molecule has 2 aliphatic carbocycles. The van der Waals surface area contributed by atoms with Crippen LogP contribution in [0.1, 0.15) is 33.1 Å². The Labute approximate surface area is 152 Å². The van der Waals surface area contributed by atoms with E-state index in [2.05, 4.69) is 10.6 Å². The predicted octanol–water partition coefficient (Wildman–Crippen LogP) is 2.73. The van der Waals surface area contributed by atoms with Gasteiger partial charge in [-0.1, -0.05) is 20.3 Å². The van der Waals surface area contributed by atoms with Gasteiger partial charge in [0.25, 0.3) is 0 Å². The standard InChI is InChI=1S/C19H24N2O5/c1-19(2)14(15(19)18(24)25)17(23)20-11-7-8-13(26-3)12(9-11)21-16(22)10-5-4-6-10/h7-10,14-15H,4-6H2,1-3H3,(H,20,23)(H,21,22)(H,24,25)/t14-,15+/m0/s1. The Morgan fingerprint density at radius 2 is 1.81 bits per heavy atom. The fourth-order valence-corrected chi connectivity index (χ4v) is 3.60. The summed E-state index contributed by atoms with van der Waals surface area (Å²) in [7, 11) is 1.51. The van der Waals surface area contributed by atoms with Crippen LogP contribution in [0, 0.1) is 23.2 Å². The summed E-state index contributed by atoms with van der Waals surface area (Å²) in [6, 6.07) is 4.97. The highest BCUT2D eigenvalue weighted by atomic mass is 16.5. The van der Waals surface area contributed by atoms with Gasteiger partial charge in [-0.25, -0.2) is 0 Å². The van der Waals surface area contributed by atoms with E-state index in [9.17, 15) is 19.5 Å². The molecule has 0 aliphatic heterocycles. The van der Waals surface area contributed by atoms with Gasteiger partial charge >= 0.3 is 5.97 Å². The molecule has 3 N–H and O–H groups in total. The molecule has 0 aromatic heterocycles. The summed E-state index contributed by atoms with van der Waals surface area (Å²) >= 11 is 0. The van der Waals surface area contributed by atoms with Gasteiger partial charge in [-0.05, 0) is 36.5 Å². The number of benzene rings is 1. The van der Waals surface area contributed by atoms with Gasteiger partial charge in [0.15, 0.2) is 0 Å². The second-order valence-electron chi connectivity index (χ2n) is 7.64. The van der Waals surface area contributed by atoms with Gasteiger partial charge in [0.1, 0.15) is 5.75 Å². The number of carboxylic acid groups (broad SMARTS) is 1. The molecule has 0 radical (unpaired) electrons. The van der Waals surface area contributed by atoms with Crippen molar-refractivity contribution in [3.8, 4) is 5.75 Å². The van der Waals surface area contributed by atoms with E-state index < -0.39 is 23.2 Å². The van der Waals surface area contributed by atoms with E-state index in [1.54, 1.807) is 32.0 Å². The highest BCUT2D eigenvalue weighted by Crippen LogP contribution is 2.58. The summed E-state index contributed by atoms with van der Waals surface area (Å²) in [6.45, 7) is 3.54. The number of aliphatic carboxylic acids is 1. The van der Waals surface area contributed by atoms with Crippen molar-refractivity contribution in [2.45, 2.75) is 33.1 Å². The Balaban J connectivity index is 1.72. The number of methoxy groups -OCH3 is 1. The zero-order valence-electron chi connectivity index (χ0n) is 15.2. The predicted molar refractivity (Wildman–Crippen MR) is 96.0 cm³/mol. The topological polar surface area (TPSA) is 105 Å². The third-order valence-corrected chi connectivity index (χ3v) is 5.58. The first-order valence-electron chi connectivity index (χ1n) is 8.78. The van der Waals surface area contributed by atoms with Gasteiger partial charge in [-0.15, -0.1) is 0 Å². The molecule has 1 aromatic rings. The van der Waals surface area contributed by atoms with Crippen LogP contribution in [0.3, 0.4) is 0 Å². The lowest BCUT2D eigenvalue weighted by Gasteiger charge is -2.24. The summed E-state index contributed by atoms with van der Waals surface area (Å²) in [4.78, 5) is 35.9. The molecule has 0 unspecified atom stereocenters. The van der Waals surface area contributed by atoms with E-state index in [-0.39, 0.29) is 17.7 Å². The number of hydrogen-bond acceptors (Lipinski definition) is 4. The minimum atomic E-state index is -0.960. The van der Waals surface area contributed by atoms with Crippen LogP contribution in [-0.4, -0.2) is 30.0 Å². The van der Waals surface area contributed by atoms with Crippen molar-refractivity contribution in [2.24, 2.45) is 23.2 Å². The van der Waals surface area contributed by atoms with E-state index in [0.29, 0.717) is 17.1 Å². The van der Waals surface area contributed by atoms with Crippen molar-refractivity contribution in [3.05, 3.63) is 18.2 Å². The second-order valence-corrected chi connectivity index (χ2v) is 7.64. The van der Waals surface area contributed by atoms with Crippen molar-refractivity contribution in [2.75, 3.05) is 17.7 Å². The number of carbonyl (C=O) groups is 3. The maximum atomic E-state index is 12.5. The van der Waals surface area contributed by atoms with Crippen LogP contribution in [-0.2, 0) is 14.4 Å². The fraction of sp³-hybridized carbons (Fsp3) is 0.526. The van der Waals surface area contributed by atoms with Crippen molar-refractivity contribution >= 4 is 29.2 Å². The molecule has 2 saturated carbocycles. The van der Waals surface area contributed by atoms with Gasteiger partial charge in [0.05, 0.1) is 24.6 Å². The number of hydrogen-bond donors (Lipinski definition) is 3. The van der Waals surface area contributed by atoms with E-state index in [1.165, 1.54) is 7.11 Å². The molecule has 2 amide bonds. The molecular weight excluding hydrogens is 336 g/mol. The lowest BCUT2D eigenvalue weighted by molar-refractivity contribution is -0.140. The maximum Gasteiger partial charge on any atom is 0.307 e. The monoisotopic (exact) mass is 360 g/mol. The van der Waals surface area contributed by atoms with Crippen LogP contribution in [0.15, 0.2) is 18.2 Å². The minimum Gasteiger partial charge on any atom is -0.495 e. The molecule has 0 bridgehead atoms. The molecule has 0 spiro atoms. The van der Waals surface area contributed by atoms with Crippen LogP contribution < -0.4 is 15.4 Å². The van der Waals surface area contributed by atoms with Crippen LogP contribution >= 0.6 is 0 Å². The van der Waals surface area contributed by atoms with Crippen molar-refractivity contribution < 1.29 is 24.2 Å². The summed E-state index contributed by atoms with van der Waals surface area (Å²) < 4.78 is 5.27. The Morgan fingerprint density at radius 1 is 1.12 bits per heavy atom. The third kappa shape index (κ3) is 3.25. The van der Waals surface area contributed by atoms with E-state index in [1.807, 2.05) is 0 Å². The molecule has 140 valence electrons. The average Bonchev–Trinajstić information content (AvgIpc) is 3.09. The normalized spacial score (nSPS) is 23.5. The maximum absolute atomic E-state index is 12.5. The summed E-state index contributed by atoms with van der Waals surface area (Å²) in [5, 5.41) is 14.8. The minimum absolute atomic E-state index is 0.0292. The number of carboxylic acids is 1. The second kappa shape index (κ2) is 6.63. The number of amides is 2. The van der Waals surface area contributed by atoms with E-state index >= 15 is 0 Å². The number of anilines is 2. The number of rotatable bonds is 6. The highest BCUT2D eigenvalue weighted by molar-refractivity contribution is 6.01. The van der Waals surface area contributed by atoms with Crippen molar-refractivity contribution in [3.63, 3.8) is 0 Å². The van der Waals surface area contributed by atoms with Crippen LogP contribution in [0.5, 0.6) is 5.75 Å². The third-order valence-electron chi connectivity index (χ3n) is 5.58. The first-order chi connectivity index (χ1) is 12.3. The number of ether oxygens (including phenoxy) is 1. The molecule has 7 nitrogen and oxygen atoms in total. The molecule has 7 heteroatoms. The fourth-order valence-electron chi connectivity index (χ4n) is 3.60. The Morgan fingerprint density at radius 3 is 2.31 bits per heavy atom. The van der Waals surface area contributed by atoms with Gasteiger partial charge in [-0.2, -0.15) is 0 Å². The zero-order valence-corrected chi connectivity index (χ0v) is 15.2. The SMILES string of the molecule is COc1ccc(NC(=O)[C@@H]2[C@H](C(=O)O)C2(C)C)cc1NC(=O)C1CCC1. The first-order valence-corrected chi connectivity index (χ1v) is 8.78. The smallest absolute Gasteiger partial charge is 0.307 e. The Bertz CT molecular complexity index is 754. The first kappa shape index (κ1) is 18.2. The van der Waals surface area contributed by atoms with Gasteiger partial charge in [0, 0.05) is 11.6 Å². The molecule has 26 heavy (non-hydrogen) atoms. The Hall–Kier alpha value is -2.57. The molecule has 3 rings (SSSR count). The van der Waals surface area contributed by atoms with Gasteiger partial charge in [-0.3, -0.25) is 14.4 Å². The summed E-state index contributed by atoms with van der Waals surface area (Å²) in [6.07, 6.45) is 2.84. The van der Waals surface area contributed by atoms with Crippen molar-refractivity contribution in [1.82, 2.24) is 0 Å². The largest absolute Gasteiger partial charge is 0.495 e. The summed E-state index contributed by atoms with van der Waals surface area (Å²) in [5.41, 5.74) is 0.419. The average molecular weight is 360 g/mol. The van der Waals surface area contributed by atoms with E-state index in [4.69, 9.17) is 4.74 Å². The molecule has 2 atom stereocenters. The molecule has 0 saturated heterocycles. The van der Waals surface area contributed by atoms with Gasteiger partial charge < -0.3 is 20.5 Å².